The van der Waals surface area contributed by atoms with E-state index in [0.29, 0.717) is 35.9 Å². The minimum Gasteiger partial charge on any atom is -0.395 e. The Morgan fingerprint density at radius 3 is 2.88 bits per heavy atom. The molecule has 2 heterocycles. The highest BCUT2D eigenvalue weighted by Gasteiger charge is 2.34. The maximum Gasteiger partial charge on any atom is 0.196 e. The average Bonchev–Trinajstić information content (AvgIpc) is 3.23. The molecule has 1 fully saturated rings. The number of likely N-dealkylation sites (N-methyl/N-ethyl adjacent to an activating group) is 1. The van der Waals surface area contributed by atoms with Crippen LogP contribution in [0.25, 0.3) is 22.2 Å². The zero-order chi connectivity index (χ0) is 22.2. The molecule has 2 aromatic carbocycles. The Balaban J connectivity index is 1.62. The fourth-order valence-electron chi connectivity index (χ4n) is 4.99. The molecule has 1 aliphatic carbocycles. The first kappa shape index (κ1) is 21.0. The van der Waals surface area contributed by atoms with Crippen LogP contribution in [0.15, 0.2) is 34.9 Å². The molecule has 168 valence electrons. The summed E-state index contributed by atoms with van der Waals surface area (Å²) in [5.74, 6) is 1.30. The highest BCUT2D eigenvalue weighted by Crippen LogP contribution is 2.46. The number of carbonyl (C=O) groups excluding carboxylic acids is 1. The van der Waals surface area contributed by atoms with Gasteiger partial charge in [-0.05, 0) is 31.9 Å². The van der Waals surface area contributed by atoms with Gasteiger partial charge in [-0.3, -0.25) is 4.79 Å². The predicted molar refractivity (Wildman–Crippen MR) is 127 cm³/mol. The molecule has 0 spiro atoms. The third kappa shape index (κ3) is 3.55. The molecular weight excluding hydrogens is 404 g/mol. The van der Waals surface area contributed by atoms with Gasteiger partial charge in [0, 0.05) is 49.5 Å². The summed E-state index contributed by atoms with van der Waals surface area (Å²) in [7, 11) is 1.98. The number of ketones is 1. The Labute approximate surface area is 188 Å². The number of aliphatic hydroxyl groups excluding tert-OH is 1. The number of nitrogens with one attached hydrogen (secondary N) is 1. The second-order valence-corrected chi connectivity index (χ2v) is 9.08. The summed E-state index contributed by atoms with van der Waals surface area (Å²) in [4.78, 5) is 18.0. The Bertz CT molecular complexity index is 1160. The molecule has 1 saturated heterocycles. The van der Waals surface area contributed by atoms with E-state index in [1.54, 1.807) is 0 Å². The number of benzene rings is 2. The summed E-state index contributed by atoms with van der Waals surface area (Å²) < 4.78 is 5.87. The van der Waals surface area contributed by atoms with Crippen molar-refractivity contribution in [3.63, 3.8) is 0 Å². The third-order valence-electron chi connectivity index (χ3n) is 6.67. The lowest BCUT2D eigenvalue weighted by molar-refractivity contribution is 0.104. The van der Waals surface area contributed by atoms with E-state index in [2.05, 4.69) is 33.3 Å². The molecule has 0 amide bonds. The van der Waals surface area contributed by atoms with Crippen molar-refractivity contribution in [1.29, 1.82) is 0 Å². The van der Waals surface area contributed by atoms with Gasteiger partial charge in [0.1, 0.15) is 5.52 Å². The summed E-state index contributed by atoms with van der Waals surface area (Å²) in [5.41, 5.74) is 4.74. The molecular formula is C25H30N4O3. The van der Waals surface area contributed by atoms with E-state index < -0.39 is 0 Å². The van der Waals surface area contributed by atoms with Crippen molar-refractivity contribution in [3.8, 4) is 11.3 Å². The van der Waals surface area contributed by atoms with Crippen LogP contribution < -0.4 is 10.2 Å². The molecule has 1 atom stereocenters. The van der Waals surface area contributed by atoms with Crippen molar-refractivity contribution < 1.29 is 14.4 Å². The summed E-state index contributed by atoms with van der Waals surface area (Å²) >= 11 is 0. The van der Waals surface area contributed by atoms with Gasteiger partial charge < -0.3 is 24.7 Å². The normalized spacial score (nSPS) is 17.8. The molecule has 5 rings (SSSR count). The zero-order valence-electron chi connectivity index (χ0n) is 18.7. The van der Waals surface area contributed by atoms with E-state index in [9.17, 15) is 4.79 Å². The van der Waals surface area contributed by atoms with E-state index in [-0.39, 0.29) is 12.4 Å². The second kappa shape index (κ2) is 8.56. The van der Waals surface area contributed by atoms with Crippen LogP contribution >= 0.6 is 0 Å². The number of hydrogen-bond donors (Lipinski definition) is 2. The Morgan fingerprint density at radius 1 is 1.28 bits per heavy atom. The zero-order valence-corrected chi connectivity index (χ0v) is 18.7. The maximum atomic E-state index is 13.6. The fraction of sp³-hybridized carbons (Fsp3) is 0.440. The SMILES string of the molecule is C[C@@H]1CCCN(c2cc(NCCN(C)CCO)c3c4c(onc24)-c2ccccc2C3=O)C1. The Hall–Kier alpha value is -2.90. The van der Waals surface area contributed by atoms with Crippen LogP contribution in [-0.2, 0) is 0 Å². The van der Waals surface area contributed by atoms with Crippen LogP contribution in [0, 0.1) is 5.92 Å². The van der Waals surface area contributed by atoms with Crippen molar-refractivity contribution in [1.82, 2.24) is 10.1 Å². The Kier molecular flexibility index (Phi) is 5.61. The van der Waals surface area contributed by atoms with Crippen LogP contribution in [0.2, 0.25) is 0 Å². The molecule has 2 N–H and O–H groups in total. The van der Waals surface area contributed by atoms with Gasteiger partial charge in [-0.15, -0.1) is 0 Å². The van der Waals surface area contributed by atoms with Crippen molar-refractivity contribution in [3.05, 3.63) is 41.5 Å². The summed E-state index contributed by atoms with van der Waals surface area (Å²) in [6.45, 7) is 6.40. The van der Waals surface area contributed by atoms with Crippen molar-refractivity contribution in [2.45, 2.75) is 19.8 Å². The molecule has 0 radical (unpaired) electrons. The van der Waals surface area contributed by atoms with E-state index in [0.717, 1.165) is 53.9 Å². The van der Waals surface area contributed by atoms with E-state index >= 15 is 0 Å². The van der Waals surface area contributed by atoms with E-state index in [1.807, 2.05) is 31.3 Å². The van der Waals surface area contributed by atoms with Gasteiger partial charge >= 0.3 is 0 Å². The van der Waals surface area contributed by atoms with Crippen LogP contribution in [0.3, 0.4) is 0 Å². The standard InChI is InChI=1S/C25H30N4O3/c1-16-6-5-10-29(15-16)20-14-19(26-9-11-28(2)12-13-30)21-22-23(20)27-32-25(22)18-8-4-3-7-17(18)24(21)31/h3-4,7-8,14,16,26,30H,5-6,9-13,15H2,1-2H3/t16-/m1/s1. The van der Waals surface area contributed by atoms with Crippen LogP contribution in [0.5, 0.6) is 0 Å². The minimum absolute atomic E-state index is 0.00563. The lowest BCUT2D eigenvalue weighted by atomic mass is 9.86. The molecule has 7 heteroatoms. The maximum absolute atomic E-state index is 13.6. The molecule has 0 unspecified atom stereocenters. The second-order valence-electron chi connectivity index (χ2n) is 9.08. The van der Waals surface area contributed by atoms with Gasteiger partial charge in [0.25, 0.3) is 0 Å². The molecule has 32 heavy (non-hydrogen) atoms. The predicted octanol–water partition coefficient (Wildman–Crippen LogP) is 3.61. The van der Waals surface area contributed by atoms with Gasteiger partial charge in [-0.1, -0.05) is 36.3 Å². The fourth-order valence-corrected chi connectivity index (χ4v) is 4.99. The van der Waals surface area contributed by atoms with Crippen molar-refractivity contribution >= 4 is 28.1 Å². The average molecular weight is 435 g/mol. The summed E-state index contributed by atoms with van der Waals surface area (Å²) in [5, 5.41) is 18.0. The molecule has 3 aromatic rings. The number of hydrogen-bond acceptors (Lipinski definition) is 7. The highest BCUT2D eigenvalue weighted by atomic mass is 16.5. The number of nitrogens with zero attached hydrogens (tertiary/aromatic N) is 3. The first-order chi connectivity index (χ1) is 15.6. The van der Waals surface area contributed by atoms with E-state index in [1.165, 1.54) is 6.42 Å². The number of rotatable bonds is 7. The van der Waals surface area contributed by atoms with E-state index in [4.69, 9.17) is 9.63 Å². The number of carbonyl (C=O) groups is 1. The largest absolute Gasteiger partial charge is 0.395 e. The molecule has 0 saturated carbocycles. The first-order valence-corrected chi connectivity index (χ1v) is 11.5. The van der Waals surface area contributed by atoms with Crippen LogP contribution in [-0.4, -0.2) is 67.3 Å². The first-order valence-electron chi connectivity index (χ1n) is 11.5. The Morgan fingerprint density at radius 2 is 2.09 bits per heavy atom. The quantitative estimate of drug-likeness (QED) is 0.460. The topological polar surface area (TPSA) is 81.8 Å². The lowest BCUT2D eigenvalue weighted by Crippen LogP contribution is -2.34. The monoisotopic (exact) mass is 434 g/mol. The molecule has 0 bridgehead atoms. The van der Waals surface area contributed by atoms with Gasteiger partial charge in [0.05, 0.1) is 23.2 Å². The summed E-state index contributed by atoms with van der Waals surface area (Å²) in [6.07, 6.45) is 2.38. The van der Waals surface area contributed by atoms with Gasteiger partial charge in [0.15, 0.2) is 11.5 Å². The summed E-state index contributed by atoms with van der Waals surface area (Å²) in [6, 6.07) is 9.68. The lowest BCUT2D eigenvalue weighted by Gasteiger charge is -2.33. The van der Waals surface area contributed by atoms with Gasteiger partial charge in [0.2, 0.25) is 0 Å². The number of anilines is 2. The van der Waals surface area contributed by atoms with Crippen molar-refractivity contribution in [2.75, 3.05) is 56.6 Å². The van der Waals surface area contributed by atoms with Gasteiger partial charge in [-0.2, -0.15) is 0 Å². The smallest absolute Gasteiger partial charge is 0.196 e. The third-order valence-corrected chi connectivity index (χ3v) is 6.67. The molecule has 1 aliphatic heterocycles. The van der Waals surface area contributed by atoms with Crippen LogP contribution in [0.1, 0.15) is 35.7 Å². The molecule has 7 nitrogen and oxygen atoms in total. The minimum atomic E-state index is 0.00563. The number of fused-ring (bicyclic) bond motifs is 2. The number of aliphatic hydroxyl groups is 1. The van der Waals surface area contributed by atoms with Crippen LogP contribution in [0.4, 0.5) is 11.4 Å². The number of aromatic nitrogens is 1. The molecule has 1 aromatic heterocycles. The van der Waals surface area contributed by atoms with Crippen molar-refractivity contribution in [2.24, 2.45) is 5.92 Å². The highest BCUT2D eigenvalue weighted by molar-refractivity contribution is 6.28. The number of piperidine rings is 1. The molecule has 2 aliphatic rings. The van der Waals surface area contributed by atoms with Gasteiger partial charge in [-0.25, -0.2) is 0 Å².